The van der Waals surface area contributed by atoms with Gasteiger partial charge in [-0.1, -0.05) is 6.92 Å². The predicted molar refractivity (Wildman–Crippen MR) is 85.4 cm³/mol. The van der Waals surface area contributed by atoms with E-state index in [-0.39, 0.29) is 0 Å². The molecule has 6 heteroatoms. The fraction of sp³-hybridized carbons (Fsp3) is 0.267. The maximum atomic E-state index is 5.90. The first-order valence-electron chi connectivity index (χ1n) is 6.78. The van der Waals surface area contributed by atoms with Crippen LogP contribution in [0.3, 0.4) is 0 Å². The van der Waals surface area contributed by atoms with E-state index in [1.807, 2.05) is 19.1 Å². The normalized spacial score (nSPS) is 10.8. The summed E-state index contributed by atoms with van der Waals surface area (Å²) in [5.74, 6) is 1.79. The average Bonchev–Trinajstić information content (AvgIpc) is 2.92. The van der Waals surface area contributed by atoms with E-state index in [2.05, 4.69) is 33.3 Å². The van der Waals surface area contributed by atoms with E-state index in [9.17, 15) is 0 Å². The number of nitrogens with zero attached hydrogens (tertiary/aromatic N) is 3. The Morgan fingerprint density at radius 2 is 2.14 bits per heavy atom. The quantitative estimate of drug-likeness (QED) is 0.794. The molecule has 1 N–H and O–H groups in total. The standard InChI is InChI=1S/C15H16N4OS/c1-4-11-7-12-13(18-15(16-3)19-14(12)21-11)20-10-6-5-9(2)17-8-10/h5-8H,4H2,1-3H3,(H,16,18,19). The van der Waals surface area contributed by atoms with Crippen LogP contribution in [0.1, 0.15) is 17.5 Å². The summed E-state index contributed by atoms with van der Waals surface area (Å²) in [6, 6.07) is 5.90. The number of pyridine rings is 1. The molecule has 108 valence electrons. The molecular weight excluding hydrogens is 284 g/mol. The van der Waals surface area contributed by atoms with Gasteiger partial charge in [-0.3, -0.25) is 4.98 Å². The summed E-state index contributed by atoms with van der Waals surface area (Å²) in [6.07, 6.45) is 2.68. The van der Waals surface area contributed by atoms with Crippen molar-refractivity contribution in [2.45, 2.75) is 20.3 Å². The summed E-state index contributed by atoms with van der Waals surface area (Å²) in [7, 11) is 1.80. The van der Waals surface area contributed by atoms with Gasteiger partial charge in [-0.15, -0.1) is 11.3 Å². The summed E-state index contributed by atoms with van der Waals surface area (Å²) in [4.78, 5) is 15.3. The van der Waals surface area contributed by atoms with Crippen molar-refractivity contribution in [3.05, 3.63) is 35.0 Å². The van der Waals surface area contributed by atoms with Crippen molar-refractivity contribution in [2.24, 2.45) is 0 Å². The van der Waals surface area contributed by atoms with E-state index in [0.717, 1.165) is 22.3 Å². The summed E-state index contributed by atoms with van der Waals surface area (Å²) in [5, 5.41) is 3.91. The topological polar surface area (TPSA) is 59.9 Å². The van der Waals surface area contributed by atoms with Crippen molar-refractivity contribution in [1.29, 1.82) is 0 Å². The monoisotopic (exact) mass is 300 g/mol. The zero-order chi connectivity index (χ0) is 14.8. The van der Waals surface area contributed by atoms with Gasteiger partial charge in [0.2, 0.25) is 11.8 Å². The molecule has 0 saturated carbocycles. The lowest BCUT2D eigenvalue weighted by molar-refractivity contribution is 0.466. The number of nitrogens with one attached hydrogen (secondary N) is 1. The highest BCUT2D eigenvalue weighted by Crippen LogP contribution is 2.33. The fourth-order valence-corrected chi connectivity index (χ4v) is 2.89. The zero-order valence-electron chi connectivity index (χ0n) is 12.2. The van der Waals surface area contributed by atoms with Crippen molar-refractivity contribution in [2.75, 3.05) is 12.4 Å². The number of fused-ring (bicyclic) bond motifs is 1. The number of aryl methyl sites for hydroxylation is 2. The third-order valence-corrected chi connectivity index (χ3v) is 4.25. The van der Waals surface area contributed by atoms with E-state index in [0.29, 0.717) is 17.6 Å². The molecule has 0 fully saturated rings. The van der Waals surface area contributed by atoms with Crippen molar-refractivity contribution >= 4 is 27.5 Å². The van der Waals surface area contributed by atoms with Gasteiger partial charge >= 0.3 is 0 Å². The largest absolute Gasteiger partial charge is 0.437 e. The van der Waals surface area contributed by atoms with Gasteiger partial charge in [-0.25, -0.2) is 4.98 Å². The van der Waals surface area contributed by atoms with Gasteiger partial charge < -0.3 is 10.1 Å². The smallest absolute Gasteiger partial charge is 0.232 e. The number of thiophene rings is 1. The van der Waals surface area contributed by atoms with Crippen LogP contribution < -0.4 is 10.1 Å². The van der Waals surface area contributed by atoms with Gasteiger partial charge in [0.05, 0.1) is 11.6 Å². The Balaban J connectivity index is 2.06. The van der Waals surface area contributed by atoms with E-state index in [1.54, 1.807) is 24.6 Å². The number of hydrogen-bond donors (Lipinski definition) is 1. The van der Waals surface area contributed by atoms with E-state index in [4.69, 9.17) is 4.74 Å². The number of ether oxygens (including phenoxy) is 1. The van der Waals surface area contributed by atoms with Crippen LogP contribution in [-0.2, 0) is 6.42 Å². The molecule has 0 amide bonds. The average molecular weight is 300 g/mol. The molecule has 0 spiro atoms. The van der Waals surface area contributed by atoms with Crippen molar-refractivity contribution in [3.63, 3.8) is 0 Å². The molecule has 3 rings (SSSR count). The molecule has 5 nitrogen and oxygen atoms in total. The Bertz CT molecular complexity index is 767. The third-order valence-electron chi connectivity index (χ3n) is 3.08. The fourth-order valence-electron chi connectivity index (χ4n) is 1.94. The van der Waals surface area contributed by atoms with Crippen LogP contribution in [0.2, 0.25) is 0 Å². The molecule has 3 heterocycles. The first kappa shape index (κ1) is 13.8. The molecule has 0 atom stereocenters. The lowest BCUT2D eigenvalue weighted by Crippen LogP contribution is -1.98. The SMILES string of the molecule is CCc1cc2c(Oc3ccc(C)nc3)nc(NC)nc2s1. The van der Waals surface area contributed by atoms with Crippen LogP contribution in [0.5, 0.6) is 11.6 Å². The molecule has 0 saturated heterocycles. The van der Waals surface area contributed by atoms with Crippen LogP contribution in [0.4, 0.5) is 5.95 Å². The van der Waals surface area contributed by atoms with E-state index in [1.165, 1.54) is 4.88 Å². The Hall–Kier alpha value is -2.21. The Morgan fingerprint density at radius 1 is 1.29 bits per heavy atom. The summed E-state index contributed by atoms with van der Waals surface area (Å²) < 4.78 is 5.90. The number of rotatable bonds is 4. The Labute approximate surface area is 127 Å². The van der Waals surface area contributed by atoms with E-state index >= 15 is 0 Å². The lowest BCUT2D eigenvalue weighted by atomic mass is 10.3. The Morgan fingerprint density at radius 3 is 2.81 bits per heavy atom. The lowest BCUT2D eigenvalue weighted by Gasteiger charge is -2.07. The minimum Gasteiger partial charge on any atom is -0.437 e. The second-order valence-electron chi connectivity index (χ2n) is 4.62. The van der Waals surface area contributed by atoms with Crippen molar-refractivity contribution in [3.8, 4) is 11.6 Å². The predicted octanol–water partition coefficient (Wildman–Crippen LogP) is 3.79. The Kier molecular flexibility index (Phi) is 3.70. The second-order valence-corrected chi connectivity index (χ2v) is 5.74. The number of hydrogen-bond acceptors (Lipinski definition) is 6. The van der Waals surface area contributed by atoms with Crippen LogP contribution in [0, 0.1) is 6.92 Å². The highest BCUT2D eigenvalue weighted by Gasteiger charge is 2.13. The van der Waals surface area contributed by atoms with Crippen LogP contribution in [0.15, 0.2) is 24.4 Å². The first-order chi connectivity index (χ1) is 10.2. The zero-order valence-corrected chi connectivity index (χ0v) is 13.0. The first-order valence-corrected chi connectivity index (χ1v) is 7.60. The van der Waals surface area contributed by atoms with Crippen LogP contribution in [-0.4, -0.2) is 22.0 Å². The van der Waals surface area contributed by atoms with Gasteiger partial charge in [0.25, 0.3) is 0 Å². The molecule has 0 aliphatic rings. The molecule has 0 unspecified atom stereocenters. The summed E-state index contributed by atoms with van der Waals surface area (Å²) >= 11 is 1.67. The number of aromatic nitrogens is 3. The highest BCUT2D eigenvalue weighted by molar-refractivity contribution is 7.18. The van der Waals surface area contributed by atoms with Crippen LogP contribution in [0.25, 0.3) is 10.2 Å². The molecule has 0 radical (unpaired) electrons. The van der Waals surface area contributed by atoms with Gasteiger partial charge in [0, 0.05) is 17.6 Å². The van der Waals surface area contributed by atoms with Crippen molar-refractivity contribution in [1.82, 2.24) is 15.0 Å². The van der Waals surface area contributed by atoms with Gasteiger partial charge in [-0.2, -0.15) is 4.98 Å². The summed E-state index contributed by atoms with van der Waals surface area (Å²) in [5.41, 5.74) is 0.954. The van der Waals surface area contributed by atoms with Crippen LogP contribution >= 0.6 is 11.3 Å². The number of anilines is 1. The molecule has 0 aliphatic heterocycles. The van der Waals surface area contributed by atoms with E-state index < -0.39 is 0 Å². The maximum Gasteiger partial charge on any atom is 0.232 e. The van der Waals surface area contributed by atoms with Gasteiger partial charge in [-0.05, 0) is 31.5 Å². The molecule has 3 aromatic rings. The summed E-state index contributed by atoms with van der Waals surface area (Å²) in [6.45, 7) is 4.07. The molecule has 3 aromatic heterocycles. The van der Waals surface area contributed by atoms with Gasteiger partial charge in [0.15, 0.2) is 0 Å². The second kappa shape index (κ2) is 5.65. The minimum absolute atomic E-state index is 0.557. The van der Waals surface area contributed by atoms with Gasteiger partial charge in [0.1, 0.15) is 10.6 Å². The maximum absolute atomic E-state index is 5.90. The van der Waals surface area contributed by atoms with Crippen molar-refractivity contribution < 1.29 is 4.74 Å². The molecule has 0 bridgehead atoms. The highest BCUT2D eigenvalue weighted by atomic mass is 32.1. The molecular formula is C15H16N4OS. The third kappa shape index (κ3) is 2.80. The molecule has 0 aliphatic carbocycles. The minimum atomic E-state index is 0.557. The molecule has 21 heavy (non-hydrogen) atoms. The molecule has 0 aromatic carbocycles.